The fourth-order valence-electron chi connectivity index (χ4n) is 2.06. The molecule has 2 N–H and O–H groups in total. The van der Waals surface area contributed by atoms with Gasteiger partial charge in [-0.15, -0.1) is 0 Å². The van der Waals surface area contributed by atoms with Crippen molar-refractivity contribution in [3.05, 3.63) is 15.6 Å². The topological polar surface area (TPSA) is 61.0 Å². The van der Waals surface area contributed by atoms with E-state index in [2.05, 4.69) is 32.6 Å². The number of hydrogen-bond acceptors (Lipinski definition) is 4. The molecule has 0 spiro atoms. The minimum atomic E-state index is -0.293. The first kappa shape index (κ1) is 11.1. The van der Waals surface area contributed by atoms with Crippen LogP contribution in [-0.2, 0) is 10.3 Å². The van der Waals surface area contributed by atoms with E-state index in [-0.39, 0.29) is 5.60 Å². The summed E-state index contributed by atoms with van der Waals surface area (Å²) in [7, 11) is 1.73. The molecule has 0 amide bonds. The summed E-state index contributed by atoms with van der Waals surface area (Å²) in [4.78, 5) is 8.67. The van der Waals surface area contributed by atoms with E-state index < -0.39 is 0 Å². The Bertz CT molecular complexity index is 364. The Morgan fingerprint density at radius 2 is 2.13 bits per heavy atom. The van der Waals surface area contributed by atoms with Gasteiger partial charge in [0, 0.05) is 13.3 Å². The Kier molecular flexibility index (Phi) is 3.11. The Morgan fingerprint density at radius 1 is 1.47 bits per heavy atom. The van der Waals surface area contributed by atoms with E-state index in [1.807, 2.05) is 0 Å². The highest BCUT2D eigenvalue weighted by Gasteiger charge is 2.38. The summed E-state index contributed by atoms with van der Waals surface area (Å²) in [6.45, 7) is 0. The van der Waals surface area contributed by atoms with Crippen LogP contribution in [0, 0.1) is 3.57 Å². The predicted octanol–water partition coefficient (Wildman–Crippen LogP) is 2.08. The molecule has 0 radical (unpaired) electrons. The second kappa shape index (κ2) is 4.21. The zero-order chi connectivity index (χ0) is 10.9. The minimum absolute atomic E-state index is 0.293. The summed E-state index contributed by atoms with van der Waals surface area (Å²) in [5.41, 5.74) is 5.49. The molecule has 1 aliphatic carbocycles. The number of rotatable bonds is 2. The molecule has 1 fully saturated rings. The van der Waals surface area contributed by atoms with Gasteiger partial charge in [0.05, 0.1) is 3.57 Å². The first-order chi connectivity index (χ1) is 7.18. The summed E-state index contributed by atoms with van der Waals surface area (Å²) < 4.78 is 6.49. The molecule has 2 rings (SSSR count). The highest BCUT2D eigenvalue weighted by Crippen LogP contribution is 2.40. The van der Waals surface area contributed by atoms with Crippen molar-refractivity contribution in [3.63, 3.8) is 0 Å². The molecule has 4 nitrogen and oxygen atoms in total. The van der Waals surface area contributed by atoms with Gasteiger partial charge in [-0.25, -0.2) is 9.97 Å². The van der Waals surface area contributed by atoms with E-state index >= 15 is 0 Å². The average molecular weight is 319 g/mol. The van der Waals surface area contributed by atoms with Crippen LogP contribution in [0.3, 0.4) is 0 Å². The van der Waals surface area contributed by atoms with E-state index in [1.54, 1.807) is 13.3 Å². The first-order valence-electron chi connectivity index (χ1n) is 5.01. The average Bonchev–Trinajstić information content (AvgIpc) is 2.72. The van der Waals surface area contributed by atoms with E-state index in [9.17, 15) is 0 Å². The molecule has 0 aliphatic heterocycles. The van der Waals surface area contributed by atoms with Gasteiger partial charge in [0.25, 0.3) is 0 Å². The van der Waals surface area contributed by atoms with Crippen LogP contribution < -0.4 is 5.73 Å². The monoisotopic (exact) mass is 319 g/mol. The molecule has 0 saturated heterocycles. The standard InChI is InChI=1S/C10H14IN3O/c1-15-10(4-2-3-5-10)9-13-6-7(11)8(12)14-9/h6H,2-5H2,1H3,(H2,12,13,14). The lowest BCUT2D eigenvalue weighted by molar-refractivity contribution is -0.0162. The quantitative estimate of drug-likeness (QED) is 0.848. The number of anilines is 1. The van der Waals surface area contributed by atoms with E-state index in [0.717, 1.165) is 22.2 Å². The highest BCUT2D eigenvalue weighted by atomic mass is 127. The zero-order valence-corrected chi connectivity index (χ0v) is 10.8. The van der Waals surface area contributed by atoms with Gasteiger partial charge < -0.3 is 10.5 Å². The van der Waals surface area contributed by atoms with Crippen LogP contribution in [0.2, 0.25) is 0 Å². The van der Waals surface area contributed by atoms with Crippen LogP contribution in [0.4, 0.5) is 5.82 Å². The van der Waals surface area contributed by atoms with Crippen LogP contribution in [0.15, 0.2) is 6.20 Å². The van der Waals surface area contributed by atoms with E-state index in [0.29, 0.717) is 5.82 Å². The van der Waals surface area contributed by atoms with Crippen molar-refractivity contribution in [1.29, 1.82) is 0 Å². The summed E-state index contributed by atoms with van der Waals surface area (Å²) in [5.74, 6) is 1.28. The molecule has 5 heteroatoms. The Morgan fingerprint density at radius 3 is 2.67 bits per heavy atom. The van der Waals surface area contributed by atoms with Crippen LogP contribution in [-0.4, -0.2) is 17.1 Å². The number of nitrogen functional groups attached to an aromatic ring is 1. The van der Waals surface area contributed by atoms with Crippen molar-refractivity contribution in [3.8, 4) is 0 Å². The van der Waals surface area contributed by atoms with Gasteiger partial charge in [-0.1, -0.05) is 0 Å². The summed E-state index contributed by atoms with van der Waals surface area (Å²) in [5, 5.41) is 0. The second-order valence-corrected chi connectivity index (χ2v) is 4.99. The Hall–Kier alpha value is -0.430. The SMILES string of the molecule is COC1(c2ncc(I)c(N)n2)CCCC1. The third kappa shape index (κ3) is 1.94. The Labute approximate surface area is 103 Å². The van der Waals surface area contributed by atoms with Crippen molar-refractivity contribution in [2.45, 2.75) is 31.3 Å². The lowest BCUT2D eigenvalue weighted by Crippen LogP contribution is -2.27. The fraction of sp³-hybridized carbons (Fsp3) is 0.600. The molecule has 0 atom stereocenters. The van der Waals surface area contributed by atoms with Gasteiger partial charge in [0.15, 0.2) is 5.82 Å². The molecule has 1 aromatic heterocycles. The summed E-state index contributed by atoms with van der Waals surface area (Å²) in [6, 6.07) is 0. The molecule has 0 aromatic carbocycles. The number of halogens is 1. The smallest absolute Gasteiger partial charge is 0.162 e. The molecular weight excluding hydrogens is 305 g/mol. The van der Waals surface area contributed by atoms with Crippen molar-refractivity contribution >= 4 is 28.4 Å². The van der Waals surface area contributed by atoms with E-state index in [1.165, 1.54) is 12.8 Å². The van der Waals surface area contributed by atoms with Gasteiger partial charge in [-0.05, 0) is 48.3 Å². The highest BCUT2D eigenvalue weighted by molar-refractivity contribution is 14.1. The zero-order valence-electron chi connectivity index (χ0n) is 8.66. The number of methoxy groups -OCH3 is 1. The van der Waals surface area contributed by atoms with Crippen LogP contribution in [0.5, 0.6) is 0 Å². The van der Waals surface area contributed by atoms with Crippen molar-refractivity contribution in [2.24, 2.45) is 0 Å². The molecule has 1 heterocycles. The van der Waals surface area contributed by atoms with Crippen molar-refractivity contribution < 1.29 is 4.74 Å². The van der Waals surface area contributed by atoms with Gasteiger partial charge in [0.1, 0.15) is 11.4 Å². The third-order valence-electron chi connectivity index (χ3n) is 2.98. The molecule has 1 aliphatic rings. The molecule has 15 heavy (non-hydrogen) atoms. The largest absolute Gasteiger partial charge is 0.383 e. The maximum Gasteiger partial charge on any atom is 0.162 e. The first-order valence-corrected chi connectivity index (χ1v) is 6.09. The van der Waals surface area contributed by atoms with Crippen LogP contribution in [0.1, 0.15) is 31.5 Å². The summed E-state index contributed by atoms with van der Waals surface area (Å²) >= 11 is 2.13. The number of aromatic nitrogens is 2. The molecule has 82 valence electrons. The number of nitrogens with zero attached hydrogens (tertiary/aromatic N) is 2. The van der Waals surface area contributed by atoms with Gasteiger partial charge >= 0.3 is 0 Å². The Balaban J connectivity index is 2.38. The maximum absolute atomic E-state index is 5.79. The maximum atomic E-state index is 5.79. The molecular formula is C10H14IN3O. The predicted molar refractivity (Wildman–Crippen MR) is 66.3 cm³/mol. The fourth-order valence-corrected chi connectivity index (χ4v) is 2.32. The minimum Gasteiger partial charge on any atom is -0.383 e. The molecule has 0 unspecified atom stereocenters. The molecule has 1 saturated carbocycles. The van der Waals surface area contributed by atoms with Crippen molar-refractivity contribution in [1.82, 2.24) is 9.97 Å². The number of nitrogens with two attached hydrogens (primary N) is 1. The second-order valence-electron chi connectivity index (χ2n) is 3.83. The van der Waals surface area contributed by atoms with Crippen LogP contribution >= 0.6 is 22.6 Å². The number of ether oxygens (including phenoxy) is 1. The van der Waals surface area contributed by atoms with E-state index in [4.69, 9.17) is 10.5 Å². The molecule has 0 bridgehead atoms. The van der Waals surface area contributed by atoms with Gasteiger partial charge in [-0.3, -0.25) is 0 Å². The molecule has 1 aromatic rings. The number of hydrogen-bond donors (Lipinski definition) is 1. The van der Waals surface area contributed by atoms with Gasteiger partial charge in [-0.2, -0.15) is 0 Å². The normalized spacial score (nSPS) is 19.3. The van der Waals surface area contributed by atoms with Crippen LogP contribution in [0.25, 0.3) is 0 Å². The van der Waals surface area contributed by atoms with Crippen molar-refractivity contribution in [2.75, 3.05) is 12.8 Å². The third-order valence-corrected chi connectivity index (χ3v) is 3.81. The van der Waals surface area contributed by atoms with Gasteiger partial charge in [0.2, 0.25) is 0 Å². The lowest BCUT2D eigenvalue weighted by Gasteiger charge is -2.25. The lowest BCUT2D eigenvalue weighted by atomic mass is 10.0. The summed E-state index contributed by atoms with van der Waals surface area (Å²) in [6.07, 6.45) is 6.08.